The molecule has 2 aromatic heterocycles. The van der Waals surface area contributed by atoms with Crippen molar-refractivity contribution in [2.24, 2.45) is 0 Å². The van der Waals surface area contributed by atoms with E-state index in [9.17, 15) is 0 Å². The minimum absolute atomic E-state index is 0.637. The van der Waals surface area contributed by atoms with Crippen molar-refractivity contribution in [3.63, 3.8) is 0 Å². The second-order valence-electron chi connectivity index (χ2n) is 12.0. The Morgan fingerprint density at radius 3 is 1.70 bits per heavy atom. The quantitative estimate of drug-likeness (QED) is 0.202. The number of hydrogen-bond donors (Lipinski definition) is 0. The molecule has 1 aliphatic rings. The van der Waals surface area contributed by atoms with E-state index in [2.05, 4.69) is 97.1 Å². The summed E-state index contributed by atoms with van der Waals surface area (Å²) in [4.78, 5) is 15.1. The van der Waals surface area contributed by atoms with Gasteiger partial charge in [-0.3, -0.25) is 0 Å². The average Bonchev–Trinajstić information content (AvgIpc) is 3.69. The maximum atomic E-state index is 6.15. The zero-order chi connectivity index (χ0) is 30.9. The first-order valence-electron chi connectivity index (χ1n) is 15.8. The normalized spacial score (nSPS) is 11.8. The summed E-state index contributed by atoms with van der Waals surface area (Å²) in [6.07, 6.45) is 0. The minimum atomic E-state index is 0.637. The Kier molecular flexibility index (Phi) is 5.54. The highest BCUT2D eigenvalue weighted by molar-refractivity contribution is 6.15. The Labute approximate surface area is 270 Å². The van der Waals surface area contributed by atoms with Crippen LogP contribution >= 0.6 is 0 Å². The molecule has 7 aromatic carbocycles. The summed E-state index contributed by atoms with van der Waals surface area (Å²) in [6, 6.07) is 52.7. The summed E-state index contributed by atoms with van der Waals surface area (Å²) < 4.78 is 6.15. The van der Waals surface area contributed by atoms with Crippen molar-refractivity contribution < 1.29 is 4.42 Å². The number of para-hydroxylation sites is 1. The molecule has 9 aromatic rings. The lowest BCUT2D eigenvalue weighted by molar-refractivity contribution is 0.669. The van der Waals surface area contributed by atoms with Crippen LogP contribution in [0.25, 0.3) is 100 Å². The molecule has 0 N–H and O–H groups in total. The molecule has 0 bridgehead atoms. The zero-order valence-corrected chi connectivity index (χ0v) is 25.2. The van der Waals surface area contributed by atoms with Crippen molar-refractivity contribution in [3.05, 3.63) is 152 Å². The molecular weight excluding hydrogens is 574 g/mol. The Balaban J connectivity index is 1.10. The second-order valence-corrected chi connectivity index (χ2v) is 12.0. The third-order valence-corrected chi connectivity index (χ3v) is 9.29. The van der Waals surface area contributed by atoms with Gasteiger partial charge < -0.3 is 4.42 Å². The summed E-state index contributed by atoms with van der Waals surface area (Å²) in [6.45, 7) is 0. The Bertz CT molecular complexity index is 2670. The van der Waals surface area contributed by atoms with Gasteiger partial charge in [-0.05, 0) is 62.4 Å². The highest BCUT2D eigenvalue weighted by atomic mass is 16.3. The van der Waals surface area contributed by atoms with Crippen LogP contribution in [-0.4, -0.2) is 15.0 Å². The van der Waals surface area contributed by atoms with Crippen molar-refractivity contribution >= 4 is 32.7 Å². The molecule has 0 atom stereocenters. The lowest BCUT2D eigenvalue weighted by Gasteiger charge is -2.11. The molecule has 4 heteroatoms. The topological polar surface area (TPSA) is 51.8 Å². The first kappa shape index (κ1) is 25.9. The molecule has 0 radical (unpaired) electrons. The average molecular weight is 600 g/mol. The highest BCUT2D eigenvalue weighted by Crippen LogP contribution is 2.48. The van der Waals surface area contributed by atoms with Crippen molar-refractivity contribution in [1.29, 1.82) is 0 Å². The van der Waals surface area contributed by atoms with Gasteiger partial charge in [-0.25, -0.2) is 15.0 Å². The first-order chi connectivity index (χ1) is 23.3. The molecule has 2 heterocycles. The molecule has 0 spiro atoms. The van der Waals surface area contributed by atoms with E-state index in [4.69, 9.17) is 19.4 Å². The summed E-state index contributed by atoms with van der Waals surface area (Å²) in [5.74, 6) is 1.94. The van der Waals surface area contributed by atoms with Crippen LogP contribution in [0, 0.1) is 0 Å². The fourth-order valence-corrected chi connectivity index (χ4v) is 7.10. The van der Waals surface area contributed by atoms with E-state index in [0.29, 0.717) is 17.5 Å². The molecule has 1 aliphatic carbocycles. The SMILES string of the molecule is c1ccc(-c2nc(-c3ccc(-c4cccc5oc6ccccc6c45)cc3)nc(-c3ccc4c(c3)-c3cccc5cccc-4c35)n2)cc1. The summed E-state index contributed by atoms with van der Waals surface area (Å²) in [5.41, 5.74) is 11.8. The van der Waals surface area contributed by atoms with Gasteiger partial charge in [0.25, 0.3) is 0 Å². The molecule has 10 rings (SSSR count). The van der Waals surface area contributed by atoms with E-state index >= 15 is 0 Å². The zero-order valence-electron chi connectivity index (χ0n) is 25.2. The summed E-state index contributed by atoms with van der Waals surface area (Å²) >= 11 is 0. The molecule has 0 amide bonds. The Hall–Kier alpha value is -6.39. The third-order valence-electron chi connectivity index (χ3n) is 9.29. The van der Waals surface area contributed by atoms with Crippen molar-refractivity contribution in [3.8, 4) is 67.5 Å². The van der Waals surface area contributed by atoms with Crippen LogP contribution in [0.5, 0.6) is 0 Å². The van der Waals surface area contributed by atoms with Crippen LogP contribution in [0.2, 0.25) is 0 Å². The highest BCUT2D eigenvalue weighted by Gasteiger charge is 2.22. The number of benzene rings is 7. The molecule has 0 aliphatic heterocycles. The number of aromatic nitrogens is 3. The Morgan fingerprint density at radius 1 is 0.340 bits per heavy atom. The third kappa shape index (κ3) is 4.05. The monoisotopic (exact) mass is 599 g/mol. The van der Waals surface area contributed by atoms with Gasteiger partial charge in [0.05, 0.1) is 0 Å². The molecule has 0 unspecified atom stereocenters. The van der Waals surface area contributed by atoms with Gasteiger partial charge in [0.15, 0.2) is 17.5 Å². The minimum Gasteiger partial charge on any atom is -0.456 e. The van der Waals surface area contributed by atoms with Crippen LogP contribution in [0.1, 0.15) is 0 Å². The fourth-order valence-electron chi connectivity index (χ4n) is 7.10. The molecule has 0 fully saturated rings. The van der Waals surface area contributed by atoms with Gasteiger partial charge >= 0.3 is 0 Å². The largest absolute Gasteiger partial charge is 0.456 e. The van der Waals surface area contributed by atoms with Gasteiger partial charge in [0.1, 0.15) is 11.2 Å². The standard InChI is InChI=1S/C43H25N3O/c1-2-9-28(10-3-1)41-44-42(29-21-19-26(20-22-29)31-14-8-18-38-40(31)35-13-4-5-17-37(35)47-38)46-43(45-41)30-23-24-32-33-15-6-11-27-12-7-16-34(39(27)33)36(32)25-30/h1-25H. The van der Waals surface area contributed by atoms with E-state index in [1.807, 2.05) is 54.6 Å². The Morgan fingerprint density at radius 2 is 0.915 bits per heavy atom. The second kappa shape index (κ2) is 10.1. The molecule has 0 saturated carbocycles. The van der Waals surface area contributed by atoms with E-state index in [-0.39, 0.29) is 0 Å². The summed E-state index contributed by atoms with van der Waals surface area (Å²) in [7, 11) is 0. The number of furan rings is 1. The maximum Gasteiger partial charge on any atom is 0.164 e. The maximum absolute atomic E-state index is 6.15. The van der Waals surface area contributed by atoms with Crippen molar-refractivity contribution in [2.75, 3.05) is 0 Å². The van der Waals surface area contributed by atoms with E-state index in [1.54, 1.807) is 0 Å². The predicted molar refractivity (Wildman–Crippen MR) is 191 cm³/mol. The lowest BCUT2D eigenvalue weighted by Crippen LogP contribution is -2.00. The van der Waals surface area contributed by atoms with Crippen molar-refractivity contribution in [1.82, 2.24) is 15.0 Å². The van der Waals surface area contributed by atoms with Crippen LogP contribution in [0.3, 0.4) is 0 Å². The van der Waals surface area contributed by atoms with E-state index in [1.165, 1.54) is 33.0 Å². The van der Waals surface area contributed by atoms with E-state index in [0.717, 1.165) is 49.8 Å². The van der Waals surface area contributed by atoms with Gasteiger partial charge in [0.2, 0.25) is 0 Å². The van der Waals surface area contributed by atoms with Crippen LogP contribution in [0.4, 0.5) is 0 Å². The lowest BCUT2D eigenvalue weighted by atomic mass is 9.98. The number of hydrogen-bond acceptors (Lipinski definition) is 4. The molecular formula is C43H25N3O. The predicted octanol–water partition coefficient (Wildman–Crippen LogP) is 11.2. The van der Waals surface area contributed by atoms with E-state index < -0.39 is 0 Å². The fraction of sp³-hybridized carbons (Fsp3) is 0. The molecule has 47 heavy (non-hydrogen) atoms. The van der Waals surface area contributed by atoms with Crippen molar-refractivity contribution in [2.45, 2.75) is 0 Å². The first-order valence-corrected chi connectivity index (χ1v) is 15.8. The van der Waals surface area contributed by atoms with Crippen LogP contribution < -0.4 is 0 Å². The molecule has 218 valence electrons. The van der Waals surface area contributed by atoms with Crippen LogP contribution in [0.15, 0.2) is 156 Å². The molecule has 4 nitrogen and oxygen atoms in total. The number of fused-ring (bicyclic) bond motifs is 6. The van der Waals surface area contributed by atoms with Gasteiger partial charge in [-0.15, -0.1) is 0 Å². The van der Waals surface area contributed by atoms with Gasteiger partial charge in [-0.2, -0.15) is 0 Å². The van der Waals surface area contributed by atoms with Gasteiger partial charge in [0, 0.05) is 27.5 Å². The number of nitrogens with zero attached hydrogens (tertiary/aromatic N) is 3. The smallest absolute Gasteiger partial charge is 0.164 e. The summed E-state index contributed by atoms with van der Waals surface area (Å²) in [5, 5.41) is 4.81. The van der Waals surface area contributed by atoms with Gasteiger partial charge in [-0.1, -0.05) is 133 Å². The number of rotatable bonds is 4. The molecule has 0 saturated heterocycles. The van der Waals surface area contributed by atoms with Crippen LogP contribution in [-0.2, 0) is 0 Å².